The summed E-state index contributed by atoms with van der Waals surface area (Å²) >= 11 is 1.80. The summed E-state index contributed by atoms with van der Waals surface area (Å²) in [6, 6.07) is 13.5. The Morgan fingerprint density at radius 3 is 2.65 bits per heavy atom. The Morgan fingerprint density at radius 2 is 2.05 bits per heavy atom. The molecule has 0 saturated heterocycles. The number of benzene rings is 1. The molecule has 108 valence electrons. The van der Waals surface area contributed by atoms with Crippen LogP contribution in [-0.2, 0) is 6.54 Å². The van der Waals surface area contributed by atoms with E-state index in [1.165, 1.54) is 16.0 Å². The van der Waals surface area contributed by atoms with Crippen molar-refractivity contribution in [1.82, 2.24) is 4.90 Å². The van der Waals surface area contributed by atoms with Gasteiger partial charge in [0.15, 0.2) is 0 Å². The molecule has 0 saturated carbocycles. The van der Waals surface area contributed by atoms with Crippen molar-refractivity contribution in [3.05, 3.63) is 57.8 Å². The van der Waals surface area contributed by atoms with Crippen molar-refractivity contribution in [2.75, 3.05) is 7.05 Å². The van der Waals surface area contributed by atoms with E-state index in [0.29, 0.717) is 6.04 Å². The Hall–Kier alpha value is -1.16. The van der Waals surface area contributed by atoms with Crippen LogP contribution in [0.2, 0.25) is 0 Å². The number of hydrogen-bond donors (Lipinski definition) is 1. The molecule has 0 spiro atoms. The van der Waals surface area contributed by atoms with Gasteiger partial charge in [-0.1, -0.05) is 42.8 Å². The summed E-state index contributed by atoms with van der Waals surface area (Å²) in [6.45, 7) is 5.22. The first-order valence-electron chi connectivity index (χ1n) is 7.16. The van der Waals surface area contributed by atoms with E-state index >= 15 is 0 Å². The molecule has 2 N–H and O–H groups in total. The first kappa shape index (κ1) is 15.2. The molecular formula is C17H24N2S. The molecule has 1 heterocycles. The van der Waals surface area contributed by atoms with E-state index in [4.69, 9.17) is 5.73 Å². The molecule has 0 aliphatic heterocycles. The molecule has 2 aromatic rings. The molecule has 0 radical (unpaired) electrons. The average Bonchev–Trinajstić information content (AvgIpc) is 2.92. The third-order valence-electron chi connectivity index (χ3n) is 3.70. The zero-order valence-corrected chi connectivity index (χ0v) is 13.4. The quantitative estimate of drug-likeness (QED) is 0.871. The number of thiophene rings is 1. The maximum atomic E-state index is 6.36. The van der Waals surface area contributed by atoms with Gasteiger partial charge in [0.25, 0.3) is 0 Å². The molecule has 1 aromatic carbocycles. The lowest BCUT2D eigenvalue weighted by Gasteiger charge is -2.31. The second-order valence-corrected chi connectivity index (χ2v) is 6.42. The molecule has 0 amide bonds. The lowest BCUT2D eigenvalue weighted by atomic mass is 10.0. The van der Waals surface area contributed by atoms with Crippen LogP contribution < -0.4 is 5.73 Å². The van der Waals surface area contributed by atoms with Gasteiger partial charge in [0, 0.05) is 17.5 Å². The fourth-order valence-corrected chi connectivity index (χ4v) is 3.60. The summed E-state index contributed by atoms with van der Waals surface area (Å²) in [7, 11) is 2.17. The topological polar surface area (TPSA) is 29.3 Å². The van der Waals surface area contributed by atoms with Crippen molar-refractivity contribution < 1.29 is 0 Å². The van der Waals surface area contributed by atoms with Crippen molar-refractivity contribution in [2.45, 2.75) is 38.9 Å². The van der Waals surface area contributed by atoms with Gasteiger partial charge in [-0.3, -0.25) is 4.90 Å². The van der Waals surface area contributed by atoms with Crippen LogP contribution in [0.1, 0.15) is 35.4 Å². The highest BCUT2D eigenvalue weighted by atomic mass is 32.1. The summed E-state index contributed by atoms with van der Waals surface area (Å²) < 4.78 is 0. The van der Waals surface area contributed by atoms with Crippen LogP contribution in [0.15, 0.2) is 41.8 Å². The molecule has 3 heteroatoms. The number of hydrogen-bond acceptors (Lipinski definition) is 3. The Bertz CT molecular complexity index is 522. The SMILES string of the molecule is CCC(N)C(c1cccs1)N(C)Cc1cccc(C)c1. The molecule has 2 atom stereocenters. The third kappa shape index (κ3) is 3.69. The fraction of sp³-hybridized carbons (Fsp3) is 0.412. The van der Waals surface area contributed by atoms with Gasteiger partial charge in [0.2, 0.25) is 0 Å². The van der Waals surface area contributed by atoms with E-state index in [0.717, 1.165) is 13.0 Å². The van der Waals surface area contributed by atoms with Crippen LogP contribution in [0.25, 0.3) is 0 Å². The fourth-order valence-electron chi connectivity index (χ4n) is 2.63. The third-order valence-corrected chi connectivity index (χ3v) is 4.64. The molecule has 20 heavy (non-hydrogen) atoms. The summed E-state index contributed by atoms with van der Waals surface area (Å²) in [4.78, 5) is 3.73. The van der Waals surface area contributed by atoms with Gasteiger partial charge in [0.05, 0.1) is 6.04 Å². The van der Waals surface area contributed by atoms with Crippen LogP contribution in [0.3, 0.4) is 0 Å². The Balaban J connectivity index is 2.17. The van der Waals surface area contributed by atoms with Crippen LogP contribution in [0, 0.1) is 6.92 Å². The molecule has 2 rings (SSSR count). The van der Waals surface area contributed by atoms with E-state index in [1.807, 2.05) is 0 Å². The van der Waals surface area contributed by atoms with Gasteiger partial charge in [-0.15, -0.1) is 11.3 Å². The van der Waals surface area contributed by atoms with Gasteiger partial charge < -0.3 is 5.73 Å². The molecule has 0 aliphatic rings. The second-order valence-electron chi connectivity index (χ2n) is 5.44. The lowest BCUT2D eigenvalue weighted by Crippen LogP contribution is -2.38. The van der Waals surface area contributed by atoms with Crippen molar-refractivity contribution in [1.29, 1.82) is 0 Å². The normalized spacial score (nSPS) is 14.4. The summed E-state index contributed by atoms with van der Waals surface area (Å²) in [6.07, 6.45) is 0.987. The molecule has 0 aliphatic carbocycles. The summed E-state index contributed by atoms with van der Waals surface area (Å²) in [5, 5.41) is 2.13. The molecule has 0 fully saturated rings. The van der Waals surface area contributed by atoms with Crippen molar-refractivity contribution in [3.63, 3.8) is 0 Å². The second kappa shape index (κ2) is 7.02. The minimum atomic E-state index is 0.170. The van der Waals surface area contributed by atoms with E-state index in [-0.39, 0.29) is 6.04 Å². The van der Waals surface area contributed by atoms with Gasteiger partial charge in [-0.25, -0.2) is 0 Å². The number of likely N-dealkylation sites (N-methyl/N-ethyl adjacent to an activating group) is 1. The Labute approximate surface area is 126 Å². The van der Waals surface area contributed by atoms with E-state index in [1.54, 1.807) is 11.3 Å². The predicted molar refractivity (Wildman–Crippen MR) is 88.0 cm³/mol. The maximum absolute atomic E-state index is 6.36. The number of nitrogens with zero attached hydrogens (tertiary/aromatic N) is 1. The highest BCUT2D eigenvalue weighted by Crippen LogP contribution is 2.29. The number of rotatable bonds is 6. The summed E-state index contributed by atoms with van der Waals surface area (Å²) in [5.74, 6) is 0. The van der Waals surface area contributed by atoms with Gasteiger partial charge >= 0.3 is 0 Å². The number of nitrogens with two attached hydrogens (primary N) is 1. The van der Waals surface area contributed by atoms with Crippen LogP contribution in [-0.4, -0.2) is 18.0 Å². The van der Waals surface area contributed by atoms with Crippen LogP contribution >= 0.6 is 11.3 Å². The number of aryl methyl sites for hydroxylation is 1. The highest BCUT2D eigenvalue weighted by Gasteiger charge is 2.23. The van der Waals surface area contributed by atoms with Crippen molar-refractivity contribution in [3.8, 4) is 0 Å². The van der Waals surface area contributed by atoms with E-state index in [9.17, 15) is 0 Å². The van der Waals surface area contributed by atoms with Crippen LogP contribution in [0.4, 0.5) is 0 Å². The zero-order valence-electron chi connectivity index (χ0n) is 12.5. The minimum absolute atomic E-state index is 0.170. The van der Waals surface area contributed by atoms with Crippen molar-refractivity contribution in [2.24, 2.45) is 5.73 Å². The molecule has 0 bridgehead atoms. The van der Waals surface area contributed by atoms with Gasteiger partial charge in [-0.2, -0.15) is 0 Å². The van der Waals surface area contributed by atoms with Gasteiger partial charge in [0.1, 0.15) is 0 Å². The highest BCUT2D eigenvalue weighted by molar-refractivity contribution is 7.10. The maximum Gasteiger partial charge on any atom is 0.0593 e. The average molecular weight is 288 g/mol. The standard InChI is InChI=1S/C17H24N2S/c1-4-15(18)17(16-9-6-10-20-16)19(3)12-14-8-5-7-13(2)11-14/h5-11,15,17H,4,12,18H2,1-3H3. The van der Waals surface area contributed by atoms with E-state index in [2.05, 4.69) is 67.6 Å². The first-order valence-corrected chi connectivity index (χ1v) is 8.04. The largest absolute Gasteiger partial charge is 0.326 e. The zero-order chi connectivity index (χ0) is 14.5. The molecule has 1 aromatic heterocycles. The Morgan fingerprint density at radius 1 is 1.25 bits per heavy atom. The molecular weight excluding hydrogens is 264 g/mol. The van der Waals surface area contributed by atoms with Crippen LogP contribution in [0.5, 0.6) is 0 Å². The first-order chi connectivity index (χ1) is 9.61. The molecule has 2 nitrogen and oxygen atoms in total. The van der Waals surface area contributed by atoms with Crippen molar-refractivity contribution >= 4 is 11.3 Å². The predicted octanol–water partition coefficient (Wildman–Crippen LogP) is 3.97. The monoisotopic (exact) mass is 288 g/mol. The summed E-state index contributed by atoms with van der Waals surface area (Å²) in [5.41, 5.74) is 9.01. The Kier molecular flexibility index (Phi) is 5.35. The molecule has 2 unspecified atom stereocenters. The smallest absolute Gasteiger partial charge is 0.0593 e. The lowest BCUT2D eigenvalue weighted by molar-refractivity contribution is 0.205. The van der Waals surface area contributed by atoms with E-state index < -0.39 is 0 Å². The minimum Gasteiger partial charge on any atom is -0.326 e. The van der Waals surface area contributed by atoms with Gasteiger partial charge in [-0.05, 0) is 37.4 Å².